The SMILES string of the molecule is CCC(C)Nc1ccc(N=Nc2ccc(N=Nc3ccc(N=Nc4nnc(N(C(C)C)C(C)C)s4)cc3)c3ccccc23)c2ccccc12. The van der Waals surface area contributed by atoms with Gasteiger partial charge in [-0.1, -0.05) is 66.8 Å². The van der Waals surface area contributed by atoms with Gasteiger partial charge in [-0.25, -0.2) is 0 Å². The lowest BCUT2D eigenvalue weighted by Crippen LogP contribution is -2.36. The molecular weight excluding hydrogens is 629 g/mol. The third kappa shape index (κ3) is 7.84. The number of rotatable bonds is 12. The highest BCUT2D eigenvalue weighted by atomic mass is 32.1. The maximum absolute atomic E-state index is 4.70. The van der Waals surface area contributed by atoms with Gasteiger partial charge in [0.1, 0.15) is 0 Å². The summed E-state index contributed by atoms with van der Waals surface area (Å²) in [5, 5.41) is 44.7. The van der Waals surface area contributed by atoms with Crippen molar-refractivity contribution in [3.8, 4) is 0 Å². The Bertz CT molecular complexity index is 2120. The van der Waals surface area contributed by atoms with Crippen molar-refractivity contribution in [1.29, 1.82) is 0 Å². The Morgan fingerprint density at radius 3 is 1.57 bits per heavy atom. The van der Waals surface area contributed by atoms with Crippen LogP contribution >= 0.6 is 11.3 Å². The van der Waals surface area contributed by atoms with Crippen LogP contribution in [0.15, 0.2) is 128 Å². The molecule has 0 bridgehead atoms. The third-order valence-electron chi connectivity index (χ3n) is 8.17. The predicted octanol–water partition coefficient (Wildman–Crippen LogP) is 12.9. The molecule has 0 fully saturated rings. The molecule has 1 unspecified atom stereocenters. The maximum atomic E-state index is 4.70. The van der Waals surface area contributed by atoms with E-state index in [-0.39, 0.29) is 0 Å². The largest absolute Gasteiger partial charge is 0.382 e. The average molecular weight is 669 g/mol. The molecule has 248 valence electrons. The number of anilines is 2. The Kier molecular flexibility index (Phi) is 10.4. The highest BCUT2D eigenvalue weighted by molar-refractivity contribution is 7.18. The second-order valence-corrected chi connectivity index (χ2v) is 13.3. The molecule has 6 aromatic rings. The van der Waals surface area contributed by atoms with Crippen LogP contribution in [0.4, 0.5) is 44.4 Å². The van der Waals surface area contributed by atoms with Gasteiger partial charge in [-0.05, 0) is 89.6 Å². The molecule has 0 amide bonds. The van der Waals surface area contributed by atoms with Crippen LogP contribution in [-0.2, 0) is 0 Å². The second kappa shape index (κ2) is 15.2. The Balaban J connectivity index is 1.18. The van der Waals surface area contributed by atoms with Gasteiger partial charge in [0.2, 0.25) is 5.13 Å². The molecule has 5 aromatic carbocycles. The summed E-state index contributed by atoms with van der Waals surface area (Å²) in [6.07, 6.45) is 1.04. The molecule has 49 heavy (non-hydrogen) atoms. The fourth-order valence-corrected chi connectivity index (χ4v) is 6.54. The first-order chi connectivity index (χ1) is 23.8. The molecule has 1 N–H and O–H groups in total. The molecule has 0 saturated heterocycles. The van der Waals surface area contributed by atoms with E-state index in [2.05, 4.69) is 107 Å². The van der Waals surface area contributed by atoms with Crippen LogP contribution in [0.2, 0.25) is 0 Å². The van der Waals surface area contributed by atoms with Crippen molar-refractivity contribution in [2.45, 2.75) is 66.1 Å². The van der Waals surface area contributed by atoms with Crippen LogP contribution < -0.4 is 10.2 Å². The summed E-state index contributed by atoms with van der Waals surface area (Å²) < 4.78 is 0. The van der Waals surface area contributed by atoms with Crippen molar-refractivity contribution < 1.29 is 0 Å². The second-order valence-electron chi connectivity index (χ2n) is 12.4. The monoisotopic (exact) mass is 668 g/mol. The summed E-state index contributed by atoms with van der Waals surface area (Å²) in [6.45, 7) is 12.9. The number of nitrogens with zero attached hydrogens (tertiary/aromatic N) is 9. The van der Waals surface area contributed by atoms with Gasteiger partial charge in [-0.15, -0.1) is 35.8 Å². The van der Waals surface area contributed by atoms with E-state index in [0.29, 0.717) is 34.6 Å². The van der Waals surface area contributed by atoms with Crippen LogP contribution in [0.1, 0.15) is 48.0 Å². The molecule has 10 nitrogen and oxygen atoms in total. The van der Waals surface area contributed by atoms with Gasteiger partial charge in [-0.3, -0.25) is 0 Å². The zero-order valence-electron chi connectivity index (χ0n) is 28.6. The molecule has 11 heteroatoms. The van der Waals surface area contributed by atoms with Crippen molar-refractivity contribution in [3.63, 3.8) is 0 Å². The number of fused-ring (bicyclic) bond motifs is 2. The molecule has 0 spiro atoms. The minimum Gasteiger partial charge on any atom is -0.382 e. The molecule has 0 aliphatic carbocycles. The summed E-state index contributed by atoms with van der Waals surface area (Å²) in [7, 11) is 0. The molecule has 0 aliphatic heterocycles. The number of hydrogen-bond donors (Lipinski definition) is 1. The van der Waals surface area contributed by atoms with Crippen molar-refractivity contribution in [2.24, 2.45) is 30.7 Å². The smallest absolute Gasteiger partial charge is 0.253 e. The molecule has 0 aliphatic rings. The number of benzene rings is 5. The normalized spacial score (nSPS) is 12.8. The van der Waals surface area contributed by atoms with Gasteiger partial charge in [0.25, 0.3) is 5.13 Å². The van der Waals surface area contributed by atoms with Gasteiger partial charge in [-0.2, -0.15) is 5.11 Å². The summed E-state index contributed by atoms with van der Waals surface area (Å²) in [5.74, 6) is 0. The molecule has 1 aromatic heterocycles. The summed E-state index contributed by atoms with van der Waals surface area (Å²) >= 11 is 1.43. The fourth-order valence-electron chi connectivity index (χ4n) is 5.60. The average Bonchev–Trinajstić information content (AvgIpc) is 3.57. The van der Waals surface area contributed by atoms with Crippen LogP contribution in [-0.4, -0.2) is 28.3 Å². The number of aromatic nitrogens is 2. The molecule has 6 rings (SSSR count). The van der Waals surface area contributed by atoms with Crippen molar-refractivity contribution >= 4 is 77.3 Å². The lowest BCUT2D eigenvalue weighted by Gasteiger charge is -2.29. The lowest BCUT2D eigenvalue weighted by molar-refractivity contribution is 0.603. The van der Waals surface area contributed by atoms with Gasteiger partial charge in [0.05, 0.1) is 28.4 Å². The molecule has 1 atom stereocenters. The quantitative estimate of drug-likeness (QED) is 0.131. The van der Waals surface area contributed by atoms with Crippen LogP contribution in [0, 0.1) is 0 Å². The van der Waals surface area contributed by atoms with E-state index in [9.17, 15) is 0 Å². The van der Waals surface area contributed by atoms with Crippen LogP contribution in [0.5, 0.6) is 0 Å². The van der Waals surface area contributed by atoms with E-state index in [1.54, 1.807) is 0 Å². The van der Waals surface area contributed by atoms with Gasteiger partial charge >= 0.3 is 0 Å². The Morgan fingerprint density at radius 1 is 0.571 bits per heavy atom. The van der Waals surface area contributed by atoms with Crippen molar-refractivity contribution in [3.05, 3.63) is 97.1 Å². The van der Waals surface area contributed by atoms with E-state index in [1.165, 1.54) is 11.3 Å². The van der Waals surface area contributed by atoms with E-state index >= 15 is 0 Å². The molecule has 1 heterocycles. The molecule has 0 radical (unpaired) electrons. The third-order valence-corrected chi connectivity index (χ3v) is 8.99. The Morgan fingerprint density at radius 2 is 1.04 bits per heavy atom. The first kappa shape index (κ1) is 33.5. The van der Waals surface area contributed by atoms with Gasteiger partial charge in [0, 0.05) is 45.4 Å². The Labute approximate surface area is 290 Å². The van der Waals surface area contributed by atoms with Crippen molar-refractivity contribution in [2.75, 3.05) is 10.2 Å². The predicted molar refractivity (Wildman–Crippen MR) is 203 cm³/mol. The zero-order valence-corrected chi connectivity index (χ0v) is 29.4. The van der Waals surface area contributed by atoms with E-state index in [0.717, 1.165) is 55.8 Å². The first-order valence-electron chi connectivity index (χ1n) is 16.6. The Hall–Kier alpha value is -5.42. The number of hydrogen-bond acceptors (Lipinski definition) is 11. The van der Waals surface area contributed by atoms with Gasteiger partial charge < -0.3 is 10.2 Å². The maximum Gasteiger partial charge on any atom is 0.253 e. The highest BCUT2D eigenvalue weighted by Crippen LogP contribution is 2.38. The molecular formula is C38H40N10S. The summed E-state index contributed by atoms with van der Waals surface area (Å²) in [4.78, 5) is 2.21. The van der Waals surface area contributed by atoms with E-state index in [1.807, 2.05) is 72.8 Å². The van der Waals surface area contributed by atoms with Crippen LogP contribution in [0.25, 0.3) is 21.5 Å². The summed E-state index contributed by atoms with van der Waals surface area (Å²) in [5.41, 5.74) is 4.82. The minimum atomic E-state index is 0.313. The first-order valence-corrected chi connectivity index (χ1v) is 17.4. The minimum absolute atomic E-state index is 0.313. The van der Waals surface area contributed by atoms with Crippen LogP contribution in [0.3, 0.4) is 0 Å². The van der Waals surface area contributed by atoms with Gasteiger partial charge in [0.15, 0.2) is 0 Å². The standard InChI is InChI=1S/C38H40N10S/c1-7-26(6)39-33-20-21-35(30-13-9-8-12-29(30)33)43-44-36-23-22-34(31-14-10-11-15-32(31)36)42-40-27-16-18-28(19-17-27)41-45-37-46-47-38(49-37)48(24(2)3)25(4)5/h8-26,39H,7H2,1-6H3. The fraction of sp³-hybridized carbons (Fsp3) is 0.263. The zero-order chi connectivity index (χ0) is 34.3. The number of nitrogens with one attached hydrogen (secondary N) is 1. The summed E-state index contributed by atoms with van der Waals surface area (Å²) in [6, 6.07) is 32.7. The topological polar surface area (TPSA) is 115 Å². The number of azo groups is 3. The lowest BCUT2D eigenvalue weighted by atomic mass is 10.1. The van der Waals surface area contributed by atoms with E-state index < -0.39 is 0 Å². The molecule has 0 saturated carbocycles. The highest BCUT2D eigenvalue weighted by Gasteiger charge is 2.18. The van der Waals surface area contributed by atoms with Crippen molar-refractivity contribution in [1.82, 2.24) is 10.2 Å². The van der Waals surface area contributed by atoms with E-state index in [4.69, 9.17) is 10.2 Å².